The molecule has 1 N–H and O–H groups in total. The molecule has 0 aliphatic carbocycles. The number of hydrogen-bond donors (Lipinski definition) is 1. The Labute approximate surface area is 109 Å². The third kappa shape index (κ3) is 5.60. The van der Waals surface area contributed by atoms with Crippen LogP contribution in [0.15, 0.2) is 18.2 Å². The summed E-state index contributed by atoms with van der Waals surface area (Å²) in [7, 11) is 0. The lowest BCUT2D eigenvalue weighted by atomic mass is 10.2. The Hall–Kier alpha value is -0.940. The van der Waals surface area contributed by atoms with Crippen molar-refractivity contribution in [3.05, 3.63) is 28.8 Å². The van der Waals surface area contributed by atoms with Crippen LogP contribution in [-0.2, 0) is 0 Å². The van der Waals surface area contributed by atoms with Crippen molar-refractivity contribution in [1.29, 1.82) is 0 Å². The van der Waals surface area contributed by atoms with Gasteiger partial charge in [0.25, 0.3) is 0 Å². The molecule has 0 bridgehead atoms. The van der Waals surface area contributed by atoms with Gasteiger partial charge in [-0.2, -0.15) is 13.2 Å². The average Bonchev–Trinajstić information content (AvgIpc) is 2.21. The van der Waals surface area contributed by atoms with Gasteiger partial charge in [-0.15, -0.1) is 0 Å². The number of nitrogens with one attached hydrogen (secondary N) is 1. The van der Waals surface area contributed by atoms with Crippen LogP contribution in [0.5, 0.6) is 5.75 Å². The van der Waals surface area contributed by atoms with Gasteiger partial charge in [0, 0.05) is 6.54 Å². The molecule has 0 saturated heterocycles. The van der Waals surface area contributed by atoms with E-state index in [0.29, 0.717) is 10.8 Å². The molecule has 1 atom stereocenters. The molecule has 0 radical (unpaired) electrons. The van der Waals surface area contributed by atoms with E-state index in [9.17, 15) is 13.2 Å². The molecule has 1 aromatic rings. The van der Waals surface area contributed by atoms with Gasteiger partial charge in [0.05, 0.1) is 11.6 Å². The van der Waals surface area contributed by atoms with Gasteiger partial charge in [0.15, 0.2) is 0 Å². The summed E-state index contributed by atoms with van der Waals surface area (Å²) >= 11 is 5.92. The molecular formula is C12H15ClF3NO. The molecule has 0 aromatic heterocycles. The monoisotopic (exact) mass is 281 g/mol. The van der Waals surface area contributed by atoms with Crippen LogP contribution in [0.3, 0.4) is 0 Å². The fourth-order valence-electron chi connectivity index (χ4n) is 1.38. The van der Waals surface area contributed by atoms with E-state index in [2.05, 4.69) is 5.32 Å². The van der Waals surface area contributed by atoms with Crippen LogP contribution >= 0.6 is 11.6 Å². The molecule has 0 heterocycles. The highest BCUT2D eigenvalue weighted by Crippen LogP contribution is 2.26. The van der Waals surface area contributed by atoms with Crippen molar-refractivity contribution >= 4 is 11.6 Å². The molecule has 0 aliphatic rings. The molecule has 1 aromatic carbocycles. The largest absolute Gasteiger partial charge is 0.488 e. The normalized spacial score (nSPS) is 13.4. The lowest BCUT2D eigenvalue weighted by Gasteiger charge is -2.17. The zero-order chi connectivity index (χ0) is 13.8. The molecule has 6 heteroatoms. The first-order valence-corrected chi connectivity index (χ1v) is 5.86. The van der Waals surface area contributed by atoms with Crippen LogP contribution in [0.1, 0.15) is 12.5 Å². The van der Waals surface area contributed by atoms with Crippen LogP contribution in [0.4, 0.5) is 13.2 Å². The summed E-state index contributed by atoms with van der Waals surface area (Å²) in [6.07, 6.45) is -4.60. The van der Waals surface area contributed by atoms with Gasteiger partial charge in [0.2, 0.25) is 0 Å². The van der Waals surface area contributed by atoms with E-state index >= 15 is 0 Å². The van der Waals surface area contributed by atoms with E-state index in [1.807, 2.05) is 13.0 Å². The molecule has 2 nitrogen and oxygen atoms in total. The van der Waals surface area contributed by atoms with Crippen molar-refractivity contribution < 1.29 is 17.9 Å². The third-order valence-electron chi connectivity index (χ3n) is 2.17. The van der Waals surface area contributed by atoms with Gasteiger partial charge in [-0.3, -0.25) is 0 Å². The van der Waals surface area contributed by atoms with Gasteiger partial charge < -0.3 is 10.1 Å². The third-order valence-corrected chi connectivity index (χ3v) is 2.48. The summed E-state index contributed by atoms with van der Waals surface area (Å²) in [5.74, 6) is 0.484. The Bertz CT molecular complexity index is 395. The summed E-state index contributed by atoms with van der Waals surface area (Å²) in [5.41, 5.74) is 0.977. The Kier molecular flexibility index (Phi) is 5.28. The van der Waals surface area contributed by atoms with Crippen molar-refractivity contribution in [1.82, 2.24) is 5.32 Å². The van der Waals surface area contributed by atoms with Crippen molar-refractivity contribution in [2.45, 2.75) is 26.1 Å². The van der Waals surface area contributed by atoms with Crippen molar-refractivity contribution in [2.24, 2.45) is 0 Å². The molecule has 1 rings (SSSR count). The molecular weight excluding hydrogens is 267 g/mol. The minimum absolute atomic E-state index is 0.101. The summed E-state index contributed by atoms with van der Waals surface area (Å²) in [5, 5.41) is 2.73. The first-order valence-electron chi connectivity index (χ1n) is 5.48. The number of rotatable bonds is 5. The molecule has 0 spiro atoms. The predicted octanol–water partition coefficient (Wildman–Crippen LogP) is 3.57. The maximum absolute atomic E-state index is 11.9. The summed E-state index contributed by atoms with van der Waals surface area (Å²) in [6.45, 7) is 2.64. The number of benzene rings is 1. The van der Waals surface area contributed by atoms with E-state index < -0.39 is 18.8 Å². The SMILES string of the molecule is Cc1ccc(Cl)c(OC(C)CNCC(F)(F)F)c1. The first-order chi connectivity index (χ1) is 8.28. The van der Waals surface area contributed by atoms with Crippen molar-refractivity contribution in [3.63, 3.8) is 0 Å². The maximum atomic E-state index is 11.9. The quantitative estimate of drug-likeness (QED) is 0.891. The number of halogens is 4. The second-order valence-corrected chi connectivity index (χ2v) is 4.52. The van der Waals surface area contributed by atoms with Crippen molar-refractivity contribution in [3.8, 4) is 5.75 Å². The Morgan fingerprint density at radius 2 is 2.06 bits per heavy atom. The minimum Gasteiger partial charge on any atom is -0.488 e. The van der Waals surface area contributed by atoms with Crippen LogP contribution in [0, 0.1) is 6.92 Å². The molecule has 18 heavy (non-hydrogen) atoms. The number of hydrogen-bond acceptors (Lipinski definition) is 2. The highest BCUT2D eigenvalue weighted by Gasteiger charge is 2.26. The molecule has 1 unspecified atom stereocenters. The zero-order valence-electron chi connectivity index (χ0n) is 10.1. The van der Waals surface area contributed by atoms with Gasteiger partial charge in [0.1, 0.15) is 11.9 Å². The molecule has 0 fully saturated rings. The average molecular weight is 282 g/mol. The summed E-state index contributed by atoms with van der Waals surface area (Å²) in [4.78, 5) is 0. The number of ether oxygens (including phenoxy) is 1. The Morgan fingerprint density at radius 1 is 1.39 bits per heavy atom. The van der Waals surface area contributed by atoms with Gasteiger partial charge in [-0.1, -0.05) is 17.7 Å². The smallest absolute Gasteiger partial charge is 0.401 e. The molecule has 0 aliphatic heterocycles. The van der Waals surface area contributed by atoms with Gasteiger partial charge in [-0.25, -0.2) is 0 Å². The minimum atomic E-state index is -4.21. The van der Waals surface area contributed by atoms with Crippen LogP contribution in [0.25, 0.3) is 0 Å². The lowest BCUT2D eigenvalue weighted by molar-refractivity contribution is -0.125. The highest BCUT2D eigenvalue weighted by molar-refractivity contribution is 6.32. The fourth-order valence-corrected chi connectivity index (χ4v) is 1.54. The molecule has 102 valence electrons. The van der Waals surface area contributed by atoms with Gasteiger partial charge in [-0.05, 0) is 31.5 Å². The molecule has 0 amide bonds. The number of alkyl halides is 3. The van der Waals surface area contributed by atoms with Crippen LogP contribution in [-0.4, -0.2) is 25.4 Å². The predicted molar refractivity (Wildman–Crippen MR) is 65.2 cm³/mol. The highest BCUT2D eigenvalue weighted by atomic mass is 35.5. The van der Waals surface area contributed by atoms with E-state index in [4.69, 9.17) is 16.3 Å². The fraction of sp³-hybridized carbons (Fsp3) is 0.500. The van der Waals surface area contributed by atoms with Crippen molar-refractivity contribution in [2.75, 3.05) is 13.1 Å². The summed E-state index contributed by atoms with van der Waals surface area (Å²) < 4.78 is 41.3. The Morgan fingerprint density at radius 3 is 2.67 bits per heavy atom. The zero-order valence-corrected chi connectivity index (χ0v) is 10.9. The van der Waals surface area contributed by atoms with Crippen LogP contribution < -0.4 is 10.1 Å². The Balaban J connectivity index is 2.44. The second kappa shape index (κ2) is 6.29. The van der Waals surface area contributed by atoms with E-state index in [0.717, 1.165) is 5.56 Å². The number of aryl methyl sites for hydroxylation is 1. The van der Waals surface area contributed by atoms with E-state index in [1.54, 1.807) is 19.1 Å². The standard InChI is InChI=1S/C12H15ClF3NO/c1-8-3-4-10(13)11(5-8)18-9(2)6-17-7-12(14,15)16/h3-5,9,17H,6-7H2,1-2H3. The van der Waals surface area contributed by atoms with E-state index in [1.165, 1.54) is 0 Å². The second-order valence-electron chi connectivity index (χ2n) is 4.11. The summed E-state index contributed by atoms with van der Waals surface area (Å²) in [6, 6.07) is 5.28. The van der Waals surface area contributed by atoms with E-state index in [-0.39, 0.29) is 6.54 Å². The topological polar surface area (TPSA) is 21.3 Å². The lowest BCUT2D eigenvalue weighted by Crippen LogP contribution is -2.35. The van der Waals surface area contributed by atoms with Crippen LogP contribution in [0.2, 0.25) is 5.02 Å². The maximum Gasteiger partial charge on any atom is 0.401 e. The molecule has 0 saturated carbocycles. The first kappa shape index (κ1) is 15.1. The van der Waals surface area contributed by atoms with Gasteiger partial charge >= 0.3 is 6.18 Å².